The lowest BCUT2D eigenvalue weighted by atomic mass is 9.92. The minimum Gasteiger partial charge on any atom is -0.385 e. The fraction of sp³-hybridized carbons (Fsp3) is 0.350. The number of amides is 1. The molecular weight excluding hydrogens is 364 g/mol. The van der Waals surface area contributed by atoms with Crippen molar-refractivity contribution >= 4 is 23.4 Å². The normalized spacial score (nSPS) is 19.0. The molecule has 2 atom stereocenters. The number of nitro benzene ring substituents is 1. The number of non-ortho nitro benzene ring substituents is 1. The summed E-state index contributed by atoms with van der Waals surface area (Å²) in [7, 11) is 1.67. The Balaban J connectivity index is 1.77. The number of methoxy groups -OCH3 is 1. The number of carbonyl (C=O) groups excluding carboxylic acids is 1. The fourth-order valence-electron chi connectivity index (χ4n) is 3.20. The summed E-state index contributed by atoms with van der Waals surface area (Å²) in [6.07, 6.45) is 1.76. The highest BCUT2D eigenvalue weighted by atomic mass is 32.2. The molecule has 27 heavy (non-hydrogen) atoms. The van der Waals surface area contributed by atoms with Gasteiger partial charge in [-0.1, -0.05) is 30.3 Å². The largest absolute Gasteiger partial charge is 0.385 e. The van der Waals surface area contributed by atoms with Gasteiger partial charge in [0.15, 0.2) is 0 Å². The second kappa shape index (κ2) is 9.01. The monoisotopic (exact) mass is 386 g/mol. The smallest absolute Gasteiger partial charge is 0.269 e. The molecule has 6 nitrogen and oxygen atoms in total. The van der Waals surface area contributed by atoms with Gasteiger partial charge in [0.05, 0.1) is 11.0 Å². The third kappa shape index (κ3) is 4.48. The van der Waals surface area contributed by atoms with Gasteiger partial charge in [-0.15, -0.1) is 11.8 Å². The predicted molar refractivity (Wildman–Crippen MR) is 105 cm³/mol. The van der Waals surface area contributed by atoms with Crippen molar-refractivity contribution in [2.24, 2.45) is 0 Å². The molecule has 142 valence electrons. The van der Waals surface area contributed by atoms with Crippen LogP contribution in [0.3, 0.4) is 0 Å². The highest BCUT2D eigenvalue weighted by Crippen LogP contribution is 2.45. The van der Waals surface area contributed by atoms with Gasteiger partial charge >= 0.3 is 0 Å². The SMILES string of the molecule is COCCCCN1C(=O)[C@H](Sc2ccccc2)[C@@H]1c1ccc([N+](=O)[O-])cc1. The molecule has 1 aliphatic rings. The summed E-state index contributed by atoms with van der Waals surface area (Å²) < 4.78 is 5.08. The van der Waals surface area contributed by atoms with Crippen molar-refractivity contribution in [2.45, 2.75) is 29.0 Å². The van der Waals surface area contributed by atoms with Crippen LogP contribution < -0.4 is 0 Å². The van der Waals surface area contributed by atoms with Gasteiger partial charge in [0.1, 0.15) is 5.25 Å². The molecule has 1 saturated heterocycles. The fourth-order valence-corrected chi connectivity index (χ4v) is 4.48. The number of nitro groups is 1. The van der Waals surface area contributed by atoms with Crippen LogP contribution in [0.2, 0.25) is 0 Å². The molecule has 7 heteroatoms. The van der Waals surface area contributed by atoms with Crippen molar-refractivity contribution in [1.29, 1.82) is 0 Å². The zero-order chi connectivity index (χ0) is 19.2. The number of rotatable bonds is 9. The predicted octanol–water partition coefficient (Wildman–Crippen LogP) is 4.07. The quantitative estimate of drug-likeness (QED) is 0.281. The second-order valence-electron chi connectivity index (χ2n) is 6.38. The van der Waals surface area contributed by atoms with Gasteiger partial charge < -0.3 is 9.64 Å². The molecule has 2 aromatic rings. The van der Waals surface area contributed by atoms with Crippen LogP contribution in [0, 0.1) is 10.1 Å². The number of nitrogens with zero attached hydrogens (tertiary/aromatic N) is 2. The van der Waals surface area contributed by atoms with Crippen molar-refractivity contribution in [3.63, 3.8) is 0 Å². The first kappa shape index (κ1) is 19.4. The van der Waals surface area contributed by atoms with E-state index in [0.29, 0.717) is 13.2 Å². The lowest BCUT2D eigenvalue weighted by Crippen LogP contribution is -2.57. The molecule has 3 rings (SSSR count). The number of hydrogen-bond acceptors (Lipinski definition) is 5. The van der Waals surface area contributed by atoms with Crippen LogP contribution in [-0.2, 0) is 9.53 Å². The minimum absolute atomic E-state index is 0.0586. The molecule has 0 unspecified atom stereocenters. The van der Waals surface area contributed by atoms with E-state index in [-0.39, 0.29) is 22.9 Å². The van der Waals surface area contributed by atoms with E-state index in [1.54, 1.807) is 31.0 Å². The third-order valence-electron chi connectivity index (χ3n) is 4.60. The summed E-state index contributed by atoms with van der Waals surface area (Å²) in [6.45, 7) is 1.34. The van der Waals surface area contributed by atoms with Crippen LogP contribution in [0.15, 0.2) is 59.5 Å². The van der Waals surface area contributed by atoms with E-state index in [0.717, 1.165) is 23.3 Å². The third-order valence-corrected chi connectivity index (χ3v) is 5.86. The van der Waals surface area contributed by atoms with Crippen LogP contribution in [0.5, 0.6) is 0 Å². The molecule has 1 amide bonds. The van der Waals surface area contributed by atoms with Gasteiger partial charge in [0.2, 0.25) is 5.91 Å². The van der Waals surface area contributed by atoms with Crippen LogP contribution in [-0.4, -0.2) is 41.2 Å². The van der Waals surface area contributed by atoms with E-state index in [1.807, 2.05) is 35.2 Å². The van der Waals surface area contributed by atoms with Crippen LogP contribution in [0.25, 0.3) is 0 Å². The lowest BCUT2D eigenvalue weighted by molar-refractivity contribution is -0.384. The van der Waals surface area contributed by atoms with Gasteiger partial charge in [-0.2, -0.15) is 0 Å². The lowest BCUT2D eigenvalue weighted by Gasteiger charge is -2.47. The van der Waals surface area contributed by atoms with Crippen molar-refractivity contribution in [2.75, 3.05) is 20.3 Å². The highest BCUT2D eigenvalue weighted by Gasteiger charge is 2.48. The summed E-state index contributed by atoms with van der Waals surface area (Å²) in [5, 5.41) is 10.7. The molecule has 0 radical (unpaired) electrons. The minimum atomic E-state index is -0.408. The number of unbranched alkanes of at least 4 members (excludes halogenated alkanes) is 1. The molecule has 1 aliphatic heterocycles. The number of thioether (sulfide) groups is 1. The molecule has 0 aliphatic carbocycles. The maximum atomic E-state index is 12.8. The Morgan fingerprint density at radius 3 is 2.44 bits per heavy atom. The standard InChI is InChI=1S/C20H22N2O4S/c1-26-14-6-5-13-21-18(15-9-11-16(12-10-15)22(24)25)19(20(21)23)27-17-7-3-2-4-8-17/h2-4,7-12,18-19H,5-6,13-14H2,1H3/t18-,19+/m0/s1. The first-order valence-corrected chi connectivity index (χ1v) is 9.75. The Morgan fingerprint density at radius 2 is 1.81 bits per heavy atom. The molecule has 0 bridgehead atoms. The molecule has 0 N–H and O–H groups in total. The van der Waals surface area contributed by atoms with Crippen molar-refractivity contribution in [1.82, 2.24) is 4.90 Å². The summed E-state index contributed by atoms with van der Waals surface area (Å²) in [4.78, 5) is 26.2. The van der Waals surface area contributed by atoms with E-state index in [1.165, 1.54) is 12.1 Å². The molecule has 2 aromatic carbocycles. The summed E-state index contributed by atoms with van der Waals surface area (Å²) in [5.41, 5.74) is 0.990. The molecule has 0 saturated carbocycles. The van der Waals surface area contributed by atoms with Crippen molar-refractivity contribution < 1.29 is 14.5 Å². The van der Waals surface area contributed by atoms with Gasteiger partial charge in [-0.05, 0) is 30.5 Å². The molecule has 0 spiro atoms. The van der Waals surface area contributed by atoms with E-state index >= 15 is 0 Å². The molecular formula is C20H22N2O4S. The average Bonchev–Trinajstić information content (AvgIpc) is 2.69. The Kier molecular flexibility index (Phi) is 6.47. The van der Waals surface area contributed by atoms with Crippen molar-refractivity contribution in [3.8, 4) is 0 Å². The van der Waals surface area contributed by atoms with Crippen molar-refractivity contribution in [3.05, 3.63) is 70.3 Å². The maximum absolute atomic E-state index is 12.8. The summed E-state index contributed by atoms with van der Waals surface area (Å²) in [5.74, 6) is 0.115. The molecule has 1 fully saturated rings. The molecule has 1 heterocycles. The van der Waals surface area contributed by atoms with E-state index < -0.39 is 4.92 Å². The second-order valence-corrected chi connectivity index (χ2v) is 7.59. The molecule has 0 aromatic heterocycles. The average molecular weight is 386 g/mol. The Bertz CT molecular complexity index is 782. The van der Waals surface area contributed by atoms with E-state index in [9.17, 15) is 14.9 Å². The topological polar surface area (TPSA) is 72.7 Å². The van der Waals surface area contributed by atoms with E-state index in [2.05, 4.69) is 0 Å². The summed E-state index contributed by atoms with van der Waals surface area (Å²) >= 11 is 1.55. The first-order chi connectivity index (χ1) is 13.1. The maximum Gasteiger partial charge on any atom is 0.269 e. The van der Waals surface area contributed by atoms with Gasteiger partial charge in [-0.25, -0.2) is 0 Å². The Hall–Kier alpha value is -2.38. The Morgan fingerprint density at radius 1 is 1.11 bits per heavy atom. The number of likely N-dealkylation sites (tertiary alicyclic amines) is 1. The van der Waals surface area contributed by atoms with Gasteiger partial charge in [0.25, 0.3) is 5.69 Å². The van der Waals surface area contributed by atoms with Gasteiger partial charge in [0, 0.05) is 37.3 Å². The Labute approximate surface area is 162 Å². The van der Waals surface area contributed by atoms with E-state index in [4.69, 9.17) is 4.74 Å². The zero-order valence-corrected chi connectivity index (χ0v) is 15.9. The summed E-state index contributed by atoms with van der Waals surface area (Å²) in [6, 6.07) is 16.3. The number of ether oxygens (including phenoxy) is 1. The van der Waals surface area contributed by atoms with Gasteiger partial charge in [-0.3, -0.25) is 14.9 Å². The number of carbonyl (C=O) groups is 1. The number of β-lactam (4-membered cyclic amide) rings is 1. The highest BCUT2D eigenvalue weighted by molar-refractivity contribution is 8.00. The first-order valence-electron chi connectivity index (χ1n) is 8.87. The zero-order valence-electron chi connectivity index (χ0n) is 15.1. The van der Waals surface area contributed by atoms with Crippen LogP contribution in [0.4, 0.5) is 5.69 Å². The number of benzene rings is 2. The van der Waals surface area contributed by atoms with Crippen LogP contribution >= 0.6 is 11.8 Å². The number of hydrogen-bond donors (Lipinski definition) is 0. The van der Waals surface area contributed by atoms with Crippen LogP contribution in [0.1, 0.15) is 24.4 Å².